The number of alkyl halides is 3. The van der Waals surface area contributed by atoms with Crippen LogP contribution in [0.25, 0.3) is 0 Å². The Labute approximate surface area is 124 Å². The van der Waals surface area contributed by atoms with Crippen molar-refractivity contribution >= 4 is 37.6 Å². The lowest BCUT2D eigenvalue weighted by atomic mass is 10.2. The van der Waals surface area contributed by atoms with Gasteiger partial charge in [0.2, 0.25) is 10.0 Å². The summed E-state index contributed by atoms with van der Waals surface area (Å²) in [4.78, 5) is -0.0497. The fraction of sp³-hybridized carbons (Fsp3) is 0.455. The number of benzene rings is 1. The second-order valence-corrected chi connectivity index (χ2v) is 7.11. The third-order valence-corrected chi connectivity index (χ3v) is 5.99. The SMILES string of the molecule is Cc1cc(CCl)cc(S(=O)(=O)N(C)CC(F)F)c1Br. The quantitative estimate of drug-likeness (QED) is 0.739. The average Bonchev–Trinajstić information content (AvgIpc) is 2.31. The Morgan fingerprint density at radius 2 is 2.00 bits per heavy atom. The fourth-order valence-electron chi connectivity index (χ4n) is 1.53. The van der Waals surface area contributed by atoms with Crippen molar-refractivity contribution in [3.63, 3.8) is 0 Å². The van der Waals surface area contributed by atoms with Gasteiger partial charge in [-0.05, 0) is 40.0 Å². The maximum atomic E-state index is 12.3. The highest BCUT2D eigenvalue weighted by Gasteiger charge is 2.26. The minimum absolute atomic E-state index is 0.0497. The molecule has 3 nitrogen and oxygen atoms in total. The van der Waals surface area contributed by atoms with Crippen LogP contribution in [0.15, 0.2) is 21.5 Å². The van der Waals surface area contributed by atoms with Gasteiger partial charge in [0, 0.05) is 17.4 Å². The number of hydrogen-bond donors (Lipinski definition) is 0. The van der Waals surface area contributed by atoms with E-state index in [9.17, 15) is 17.2 Å². The van der Waals surface area contributed by atoms with Gasteiger partial charge in [-0.15, -0.1) is 11.6 Å². The molecule has 0 amide bonds. The molecule has 0 aliphatic carbocycles. The monoisotopic (exact) mass is 375 g/mol. The van der Waals surface area contributed by atoms with Gasteiger partial charge in [0.05, 0.1) is 11.4 Å². The molecule has 108 valence electrons. The standard InChI is InChI=1S/C11H13BrClF2NO2S/c1-7-3-8(5-13)4-9(11(7)12)19(17,18)16(2)6-10(14)15/h3-4,10H,5-6H2,1-2H3. The van der Waals surface area contributed by atoms with Crippen molar-refractivity contribution in [1.29, 1.82) is 0 Å². The lowest BCUT2D eigenvalue weighted by molar-refractivity contribution is 0.126. The molecule has 0 saturated heterocycles. The summed E-state index contributed by atoms with van der Waals surface area (Å²) in [6.45, 7) is 0.866. The Morgan fingerprint density at radius 1 is 1.42 bits per heavy atom. The summed E-state index contributed by atoms with van der Waals surface area (Å²) in [7, 11) is -2.85. The predicted molar refractivity (Wildman–Crippen MR) is 74.3 cm³/mol. The van der Waals surface area contributed by atoms with E-state index in [1.54, 1.807) is 13.0 Å². The summed E-state index contributed by atoms with van der Waals surface area (Å²) in [5, 5.41) is 0. The fourth-order valence-corrected chi connectivity index (χ4v) is 3.86. The number of hydrogen-bond acceptors (Lipinski definition) is 2. The largest absolute Gasteiger partial charge is 0.252 e. The van der Waals surface area contributed by atoms with Crippen LogP contribution in [0.5, 0.6) is 0 Å². The van der Waals surface area contributed by atoms with Crippen LogP contribution in [0.3, 0.4) is 0 Å². The minimum Gasteiger partial charge on any atom is -0.209 e. The maximum absolute atomic E-state index is 12.3. The van der Waals surface area contributed by atoms with Crippen LogP contribution in [0, 0.1) is 6.92 Å². The molecule has 0 aromatic heterocycles. The number of aryl methyl sites for hydroxylation is 1. The molecule has 1 aromatic carbocycles. The lowest BCUT2D eigenvalue weighted by Crippen LogP contribution is -2.31. The van der Waals surface area contributed by atoms with Crippen LogP contribution in [0.4, 0.5) is 8.78 Å². The van der Waals surface area contributed by atoms with Gasteiger partial charge in [0.1, 0.15) is 0 Å². The molecule has 0 N–H and O–H groups in total. The van der Waals surface area contributed by atoms with E-state index >= 15 is 0 Å². The number of halogens is 4. The summed E-state index contributed by atoms with van der Waals surface area (Å²) in [5.41, 5.74) is 1.30. The third kappa shape index (κ3) is 3.87. The van der Waals surface area contributed by atoms with Crippen molar-refractivity contribution in [2.75, 3.05) is 13.6 Å². The topological polar surface area (TPSA) is 37.4 Å². The van der Waals surface area contributed by atoms with E-state index in [-0.39, 0.29) is 10.8 Å². The van der Waals surface area contributed by atoms with Gasteiger partial charge < -0.3 is 0 Å². The first-order valence-corrected chi connectivity index (χ1v) is 8.06. The van der Waals surface area contributed by atoms with E-state index in [0.717, 1.165) is 7.05 Å². The summed E-state index contributed by atoms with van der Waals surface area (Å²) >= 11 is 8.87. The van der Waals surface area contributed by atoms with Crippen LogP contribution in [0.2, 0.25) is 0 Å². The number of rotatable bonds is 5. The van der Waals surface area contributed by atoms with Crippen molar-refractivity contribution in [2.45, 2.75) is 24.1 Å². The van der Waals surface area contributed by atoms with Crippen LogP contribution in [0.1, 0.15) is 11.1 Å². The van der Waals surface area contributed by atoms with Crippen molar-refractivity contribution < 1.29 is 17.2 Å². The highest BCUT2D eigenvalue weighted by atomic mass is 79.9. The van der Waals surface area contributed by atoms with Gasteiger partial charge in [0.15, 0.2) is 0 Å². The van der Waals surface area contributed by atoms with Crippen LogP contribution in [-0.4, -0.2) is 32.7 Å². The van der Waals surface area contributed by atoms with E-state index in [2.05, 4.69) is 15.9 Å². The zero-order valence-electron chi connectivity index (χ0n) is 10.3. The van der Waals surface area contributed by atoms with Gasteiger partial charge in [-0.1, -0.05) is 6.07 Å². The Kier molecular flexibility index (Phi) is 5.73. The predicted octanol–water partition coefficient (Wildman–Crippen LogP) is 3.38. The smallest absolute Gasteiger partial charge is 0.209 e. The third-order valence-electron chi connectivity index (χ3n) is 2.52. The second-order valence-electron chi connectivity index (χ2n) is 4.04. The zero-order valence-corrected chi connectivity index (χ0v) is 13.5. The molecule has 0 radical (unpaired) electrons. The van der Waals surface area contributed by atoms with Gasteiger partial charge in [-0.3, -0.25) is 0 Å². The van der Waals surface area contributed by atoms with Crippen molar-refractivity contribution in [2.24, 2.45) is 0 Å². The van der Waals surface area contributed by atoms with Crippen LogP contribution >= 0.6 is 27.5 Å². The molecule has 0 aliphatic heterocycles. The molecule has 0 aliphatic rings. The second kappa shape index (κ2) is 6.47. The summed E-state index contributed by atoms with van der Waals surface area (Å²) in [6.07, 6.45) is -2.73. The van der Waals surface area contributed by atoms with Crippen LogP contribution in [-0.2, 0) is 15.9 Å². The first kappa shape index (κ1) is 16.8. The van der Waals surface area contributed by atoms with E-state index in [1.807, 2.05) is 0 Å². The lowest BCUT2D eigenvalue weighted by Gasteiger charge is -2.19. The molecule has 8 heteroatoms. The Hall–Kier alpha value is -0.240. The maximum Gasteiger partial charge on any atom is 0.252 e. The minimum atomic E-state index is -3.97. The number of nitrogens with zero attached hydrogens (tertiary/aromatic N) is 1. The molecule has 0 atom stereocenters. The molecule has 0 saturated carbocycles. The van der Waals surface area contributed by atoms with Gasteiger partial charge in [0.25, 0.3) is 6.43 Å². The highest BCUT2D eigenvalue weighted by Crippen LogP contribution is 2.30. The average molecular weight is 377 g/mol. The van der Waals surface area contributed by atoms with Crippen molar-refractivity contribution in [3.8, 4) is 0 Å². The molecular formula is C11H13BrClF2NO2S. The van der Waals surface area contributed by atoms with Gasteiger partial charge in [-0.2, -0.15) is 4.31 Å². The van der Waals surface area contributed by atoms with Crippen LogP contribution < -0.4 is 0 Å². The Bertz CT molecular complexity index is 566. The van der Waals surface area contributed by atoms with E-state index in [4.69, 9.17) is 11.6 Å². The van der Waals surface area contributed by atoms with E-state index in [0.29, 0.717) is 19.9 Å². The summed E-state index contributed by atoms with van der Waals surface area (Å²) in [5.74, 6) is 0.148. The molecule has 0 spiro atoms. The first-order valence-electron chi connectivity index (χ1n) is 5.29. The first-order chi connectivity index (χ1) is 8.70. The van der Waals surface area contributed by atoms with Gasteiger partial charge in [-0.25, -0.2) is 17.2 Å². The molecule has 19 heavy (non-hydrogen) atoms. The van der Waals surface area contributed by atoms with Crippen molar-refractivity contribution in [3.05, 3.63) is 27.7 Å². The molecular weight excluding hydrogens is 364 g/mol. The molecule has 1 aromatic rings. The molecule has 0 heterocycles. The van der Waals surface area contributed by atoms with E-state index < -0.39 is 23.0 Å². The molecule has 1 rings (SSSR count). The number of sulfonamides is 1. The highest BCUT2D eigenvalue weighted by molar-refractivity contribution is 9.10. The summed E-state index contributed by atoms with van der Waals surface area (Å²) < 4.78 is 50.1. The zero-order chi connectivity index (χ0) is 14.8. The Morgan fingerprint density at radius 3 is 2.47 bits per heavy atom. The molecule has 0 unspecified atom stereocenters. The molecule has 0 fully saturated rings. The summed E-state index contributed by atoms with van der Waals surface area (Å²) in [6, 6.07) is 3.13. The van der Waals surface area contributed by atoms with E-state index in [1.165, 1.54) is 6.07 Å². The Balaban J connectivity index is 3.32. The van der Waals surface area contributed by atoms with Gasteiger partial charge >= 0.3 is 0 Å². The molecule has 0 bridgehead atoms. The normalized spacial score (nSPS) is 12.4. The van der Waals surface area contributed by atoms with Crippen molar-refractivity contribution in [1.82, 2.24) is 4.31 Å².